The lowest BCUT2D eigenvalue weighted by Crippen LogP contribution is -2.49. The third-order valence-electron chi connectivity index (χ3n) is 4.87. The molecule has 28 heavy (non-hydrogen) atoms. The van der Waals surface area contributed by atoms with Gasteiger partial charge in [-0.15, -0.1) is 0 Å². The molecule has 3 rings (SSSR count). The Bertz CT molecular complexity index is 857. The molecule has 0 bridgehead atoms. The largest absolute Gasteiger partial charge is 0.467 e. The van der Waals surface area contributed by atoms with Crippen LogP contribution >= 0.6 is 11.5 Å². The van der Waals surface area contributed by atoms with Gasteiger partial charge in [-0.25, -0.2) is 0 Å². The van der Waals surface area contributed by atoms with Crippen molar-refractivity contribution >= 4 is 34.9 Å². The van der Waals surface area contributed by atoms with Gasteiger partial charge in [0.15, 0.2) is 5.69 Å². The van der Waals surface area contributed by atoms with Crippen molar-refractivity contribution in [2.24, 2.45) is 5.73 Å². The number of nitrogen functional groups attached to an aromatic ring is 1. The quantitative estimate of drug-likeness (QED) is 0.637. The van der Waals surface area contributed by atoms with E-state index < -0.39 is 17.9 Å². The number of carbonyl (C=O) groups excluding carboxylic acids is 3. The van der Waals surface area contributed by atoms with Crippen LogP contribution < -0.4 is 16.8 Å². The maximum Gasteiger partial charge on any atom is 0.270 e. The molecule has 2 aromatic rings. The van der Waals surface area contributed by atoms with Crippen LogP contribution in [-0.2, 0) is 11.3 Å². The SMILES string of the molecule is CC(C(=O)NC1CCCC1)N(Cc1ccco1)C(=O)c1snc(C(N)=O)c1N. The van der Waals surface area contributed by atoms with E-state index in [1.807, 2.05) is 0 Å². The van der Waals surface area contributed by atoms with E-state index in [0.717, 1.165) is 37.2 Å². The number of rotatable bonds is 7. The molecule has 150 valence electrons. The normalized spacial score (nSPS) is 15.3. The molecule has 0 aliphatic heterocycles. The fraction of sp³-hybridized carbons (Fsp3) is 0.444. The van der Waals surface area contributed by atoms with Gasteiger partial charge in [0, 0.05) is 6.04 Å². The highest BCUT2D eigenvalue weighted by molar-refractivity contribution is 7.09. The van der Waals surface area contributed by atoms with Gasteiger partial charge in [0.2, 0.25) is 5.91 Å². The molecule has 1 aliphatic rings. The Balaban J connectivity index is 1.84. The Morgan fingerprint density at radius 3 is 2.68 bits per heavy atom. The smallest absolute Gasteiger partial charge is 0.270 e. The third kappa shape index (κ3) is 4.16. The van der Waals surface area contributed by atoms with Gasteiger partial charge < -0.3 is 26.1 Å². The van der Waals surface area contributed by atoms with Crippen molar-refractivity contribution in [1.29, 1.82) is 0 Å². The maximum absolute atomic E-state index is 13.2. The monoisotopic (exact) mass is 405 g/mol. The molecule has 1 aliphatic carbocycles. The molecule has 0 spiro atoms. The highest BCUT2D eigenvalue weighted by Gasteiger charge is 2.32. The summed E-state index contributed by atoms with van der Waals surface area (Å²) in [5, 5.41) is 3.00. The van der Waals surface area contributed by atoms with Crippen molar-refractivity contribution in [1.82, 2.24) is 14.6 Å². The summed E-state index contributed by atoms with van der Waals surface area (Å²) in [4.78, 5) is 38.7. The van der Waals surface area contributed by atoms with E-state index in [4.69, 9.17) is 15.9 Å². The summed E-state index contributed by atoms with van der Waals surface area (Å²) in [6, 6.07) is 2.78. The molecule has 2 heterocycles. The number of carbonyl (C=O) groups is 3. The molecular formula is C18H23N5O4S. The first-order chi connectivity index (χ1) is 13.4. The van der Waals surface area contributed by atoms with Gasteiger partial charge in [0.25, 0.3) is 11.8 Å². The van der Waals surface area contributed by atoms with Gasteiger partial charge >= 0.3 is 0 Å². The third-order valence-corrected chi connectivity index (χ3v) is 5.72. The lowest BCUT2D eigenvalue weighted by Gasteiger charge is -2.28. The fourth-order valence-corrected chi connectivity index (χ4v) is 4.01. The van der Waals surface area contributed by atoms with Crippen molar-refractivity contribution in [2.75, 3.05) is 5.73 Å². The van der Waals surface area contributed by atoms with E-state index in [9.17, 15) is 14.4 Å². The number of nitrogens with two attached hydrogens (primary N) is 2. The van der Waals surface area contributed by atoms with Crippen LogP contribution in [0.1, 0.15) is 58.5 Å². The van der Waals surface area contributed by atoms with Crippen LogP contribution in [0.15, 0.2) is 22.8 Å². The Kier molecular flexibility index (Phi) is 5.98. The van der Waals surface area contributed by atoms with Crippen molar-refractivity contribution in [3.8, 4) is 0 Å². The van der Waals surface area contributed by atoms with Gasteiger partial charge in [-0.1, -0.05) is 12.8 Å². The van der Waals surface area contributed by atoms with E-state index in [1.54, 1.807) is 19.1 Å². The summed E-state index contributed by atoms with van der Waals surface area (Å²) in [6.07, 6.45) is 5.54. The van der Waals surface area contributed by atoms with E-state index in [0.29, 0.717) is 5.76 Å². The number of hydrogen-bond donors (Lipinski definition) is 3. The summed E-state index contributed by atoms with van der Waals surface area (Å²) in [5.74, 6) is -1.04. The predicted octanol–water partition coefficient (Wildman–Crippen LogP) is 1.51. The number of amides is 3. The van der Waals surface area contributed by atoms with Gasteiger partial charge in [-0.05, 0) is 43.4 Å². The Hall–Kier alpha value is -2.88. The predicted molar refractivity (Wildman–Crippen MR) is 103 cm³/mol. The number of aromatic nitrogens is 1. The average molecular weight is 405 g/mol. The Morgan fingerprint density at radius 1 is 1.39 bits per heavy atom. The van der Waals surface area contributed by atoms with Gasteiger partial charge in [-0.3, -0.25) is 14.4 Å². The summed E-state index contributed by atoms with van der Waals surface area (Å²) in [6.45, 7) is 1.73. The first-order valence-corrected chi connectivity index (χ1v) is 9.84. The molecule has 1 unspecified atom stereocenters. The topological polar surface area (TPSA) is 145 Å². The summed E-state index contributed by atoms with van der Waals surface area (Å²) < 4.78 is 9.22. The standard InChI is InChI=1S/C18H23N5O4S/c1-10(17(25)21-11-5-2-3-6-11)23(9-12-7-4-8-27-12)18(26)15-13(19)14(16(20)24)22-28-15/h4,7-8,10-11H,2-3,5-6,9,19H2,1H3,(H2,20,24)(H,21,25). The molecule has 0 aromatic carbocycles. The van der Waals surface area contributed by atoms with E-state index in [-0.39, 0.29) is 34.8 Å². The second kappa shape index (κ2) is 8.42. The number of nitrogens with zero attached hydrogens (tertiary/aromatic N) is 2. The molecule has 10 heteroatoms. The van der Waals surface area contributed by atoms with Crippen LogP contribution in [-0.4, -0.2) is 39.1 Å². The summed E-state index contributed by atoms with van der Waals surface area (Å²) in [5.41, 5.74) is 10.9. The van der Waals surface area contributed by atoms with Crippen LogP contribution in [0.3, 0.4) is 0 Å². The molecule has 9 nitrogen and oxygen atoms in total. The number of primary amides is 1. The van der Waals surface area contributed by atoms with Crippen molar-refractivity contribution in [2.45, 2.75) is 51.2 Å². The minimum absolute atomic E-state index is 0.0703. The first-order valence-electron chi connectivity index (χ1n) is 9.07. The van der Waals surface area contributed by atoms with E-state index in [1.165, 1.54) is 11.2 Å². The molecule has 2 aromatic heterocycles. The van der Waals surface area contributed by atoms with Gasteiger partial charge in [0.05, 0.1) is 18.5 Å². The fourth-order valence-electron chi connectivity index (χ4n) is 3.25. The zero-order valence-corrected chi connectivity index (χ0v) is 16.3. The second-order valence-corrected chi connectivity index (χ2v) is 7.59. The van der Waals surface area contributed by atoms with Crippen LogP contribution in [0.4, 0.5) is 5.69 Å². The van der Waals surface area contributed by atoms with Crippen LogP contribution in [0.25, 0.3) is 0 Å². The second-order valence-electron chi connectivity index (χ2n) is 6.82. The number of hydrogen-bond acceptors (Lipinski definition) is 7. The lowest BCUT2D eigenvalue weighted by atomic mass is 10.1. The molecule has 1 fully saturated rings. The lowest BCUT2D eigenvalue weighted by molar-refractivity contribution is -0.126. The number of furan rings is 1. The Labute approximate surface area is 166 Å². The minimum Gasteiger partial charge on any atom is -0.467 e. The van der Waals surface area contributed by atoms with Crippen molar-refractivity contribution in [3.63, 3.8) is 0 Å². The zero-order valence-electron chi connectivity index (χ0n) is 15.5. The molecule has 3 amide bonds. The van der Waals surface area contributed by atoms with Crippen LogP contribution in [0.5, 0.6) is 0 Å². The maximum atomic E-state index is 13.2. The highest BCUT2D eigenvalue weighted by Crippen LogP contribution is 2.25. The van der Waals surface area contributed by atoms with Crippen molar-refractivity contribution < 1.29 is 18.8 Å². The number of anilines is 1. The van der Waals surface area contributed by atoms with Gasteiger partial charge in [-0.2, -0.15) is 4.37 Å². The van der Waals surface area contributed by atoms with E-state index in [2.05, 4.69) is 9.69 Å². The molecule has 0 saturated heterocycles. The molecular weight excluding hydrogens is 382 g/mol. The zero-order chi connectivity index (χ0) is 20.3. The first kappa shape index (κ1) is 19.9. The molecule has 5 N–H and O–H groups in total. The molecule has 0 radical (unpaired) electrons. The van der Waals surface area contributed by atoms with Crippen molar-refractivity contribution in [3.05, 3.63) is 34.7 Å². The highest BCUT2D eigenvalue weighted by atomic mass is 32.1. The average Bonchev–Trinajstić information content (AvgIpc) is 3.40. The minimum atomic E-state index is -0.808. The Morgan fingerprint density at radius 2 is 2.11 bits per heavy atom. The molecule has 1 atom stereocenters. The van der Waals surface area contributed by atoms with E-state index >= 15 is 0 Å². The van der Waals surface area contributed by atoms with Gasteiger partial charge in [0.1, 0.15) is 16.7 Å². The number of nitrogens with one attached hydrogen (secondary N) is 1. The summed E-state index contributed by atoms with van der Waals surface area (Å²) in [7, 11) is 0. The van der Waals surface area contributed by atoms with Crippen LogP contribution in [0.2, 0.25) is 0 Å². The van der Waals surface area contributed by atoms with Crippen LogP contribution in [0, 0.1) is 0 Å². The summed E-state index contributed by atoms with van der Waals surface area (Å²) >= 11 is 0.786. The molecule has 1 saturated carbocycles.